The van der Waals surface area contributed by atoms with Gasteiger partial charge in [0.15, 0.2) is 0 Å². The number of pyridine rings is 1. The molecule has 1 aromatic carbocycles. The van der Waals surface area contributed by atoms with Crippen LogP contribution in [0.15, 0.2) is 42.6 Å². The van der Waals surface area contributed by atoms with Crippen LogP contribution in [0.4, 0.5) is 13.2 Å². The number of alkyl halides is 3. The highest BCUT2D eigenvalue weighted by Gasteiger charge is 2.41. The largest absolute Gasteiger partial charge is 0.380 e. The van der Waals surface area contributed by atoms with Crippen molar-refractivity contribution >= 4 is 5.91 Å². The number of aromatic nitrogens is 1. The van der Waals surface area contributed by atoms with Gasteiger partial charge in [-0.05, 0) is 43.0 Å². The lowest BCUT2D eigenvalue weighted by Crippen LogP contribution is -2.53. The van der Waals surface area contributed by atoms with Gasteiger partial charge in [-0.25, -0.2) is 4.39 Å². The summed E-state index contributed by atoms with van der Waals surface area (Å²) in [6.07, 6.45) is 1.29. The van der Waals surface area contributed by atoms with Crippen LogP contribution in [0.2, 0.25) is 0 Å². The lowest BCUT2D eigenvalue weighted by Gasteiger charge is -2.48. The third-order valence-electron chi connectivity index (χ3n) is 6.27. The number of carbonyl (C=O) groups excluding carboxylic acids is 1. The Morgan fingerprint density at radius 1 is 1.16 bits per heavy atom. The number of amides is 1. The quantitative estimate of drug-likeness (QED) is 0.672. The molecule has 1 unspecified atom stereocenters. The van der Waals surface area contributed by atoms with Crippen molar-refractivity contribution in [3.63, 3.8) is 0 Å². The van der Waals surface area contributed by atoms with Crippen molar-refractivity contribution < 1.29 is 22.7 Å². The lowest BCUT2D eigenvalue weighted by atomic mass is 9.78. The summed E-state index contributed by atoms with van der Waals surface area (Å²) in [7, 11) is 0. The van der Waals surface area contributed by atoms with Crippen LogP contribution in [-0.2, 0) is 22.5 Å². The first-order valence-corrected chi connectivity index (χ1v) is 11.0. The Kier molecular flexibility index (Phi) is 7.10. The average Bonchev–Trinajstić information content (AvgIpc) is 2.78. The predicted octanol–water partition coefficient (Wildman–Crippen LogP) is 3.62. The molecular weight excluding hydrogens is 419 g/mol. The van der Waals surface area contributed by atoms with Crippen molar-refractivity contribution in [2.24, 2.45) is 5.41 Å². The van der Waals surface area contributed by atoms with Gasteiger partial charge in [0.1, 0.15) is 6.67 Å². The number of nitrogens with zero attached hydrogens (tertiary/aromatic N) is 2. The first kappa shape index (κ1) is 22.7. The fourth-order valence-electron chi connectivity index (χ4n) is 4.52. The summed E-state index contributed by atoms with van der Waals surface area (Å²) in [4.78, 5) is 18.2. The lowest BCUT2D eigenvalue weighted by molar-refractivity contribution is -0.145. The molecule has 2 fully saturated rings. The molecule has 4 rings (SSSR count). The van der Waals surface area contributed by atoms with Gasteiger partial charge in [-0.15, -0.1) is 0 Å². The van der Waals surface area contributed by atoms with Crippen LogP contribution in [0.1, 0.15) is 24.1 Å². The van der Waals surface area contributed by atoms with Crippen LogP contribution in [0, 0.1) is 5.41 Å². The van der Waals surface area contributed by atoms with Crippen LogP contribution < -0.4 is 5.32 Å². The van der Waals surface area contributed by atoms with Crippen LogP contribution in [-0.4, -0.2) is 61.2 Å². The molecule has 1 N–H and O–H groups in total. The normalized spacial score (nSPS) is 19.0. The van der Waals surface area contributed by atoms with Crippen molar-refractivity contribution in [3.05, 3.63) is 53.9 Å². The van der Waals surface area contributed by atoms with E-state index in [0.717, 1.165) is 55.2 Å². The molecule has 2 aliphatic rings. The number of hydrogen-bond acceptors (Lipinski definition) is 4. The Balaban J connectivity index is 1.33. The molecule has 1 aromatic heterocycles. The summed E-state index contributed by atoms with van der Waals surface area (Å²) in [5, 5.41) is 2.03. The number of hydrogen-bond donors (Lipinski definition) is 1. The van der Waals surface area contributed by atoms with Gasteiger partial charge >= 0.3 is 6.43 Å². The number of halogens is 3. The summed E-state index contributed by atoms with van der Waals surface area (Å²) in [6, 6.07) is 10.5. The molecule has 0 bridgehead atoms. The zero-order valence-corrected chi connectivity index (χ0v) is 17.9. The molecule has 0 saturated carbocycles. The van der Waals surface area contributed by atoms with Crippen molar-refractivity contribution in [1.29, 1.82) is 0 Å². The number of ether oxygens (including phenoxy) is 1. The highest BCUT2D eigenvalue weighted by molar-refractivity contribution is 5.79. The fraction of sp³-hybridized carbons (Fsp3) is 0.500. The Labute approximate surface area is 186 Å². The van der Waals surface area contributed by atoms with Gasteiger partial charge in [0.05, 0.1) is 24.9 Å². The van der Waals surface area contributed by atoms with Crippen molar-refractivity contribution in [3.8, 4) is 11.1 Å². The SMILES string of the molecule is O=C(NC(CF)Cc1ccc(-c2ccc(CN3CCCC4(COC4)C3)nc2)cc1)C(F)F. The monoisotopic (exact) mass is 447 g/mol. The van der Waals surface area contributed by atoms with E-state index in [1.54, 1.807) is 0 Å². The average molecular weight is 448 g/mol. The van der Waals surface area contributed by atoms with E-state index in [1.165, 1.54) is 12.8 Å². The maximum absolute atomic E-state index is 13.1. The first-order chi connectivity index (χ1) is 15.5. The van der Waals surface area contributed by atoms with E-state index in [2.05, 4.69) is 9.88 Å². The van der Waals surface area contributed by atoms with Crippen LogP contribution in [0.5, 0.6) is 0 Å². The zero-order valence-electron chi connectivity index (χ0n) is 17.9. The number of piperidine rings is 1. The second kappa shape index (κ2) is 10.0. The molecule has 2 aliphatic heterocycles. The van der Waals surface area contributed by atoms with E-state index in [1.807, 2.05) is 47.9 Å². The van der Waals surface area contributed by atoms with Crippen molar-refractivity contribution in [2.75, 3.05) is 33.0 Å². The van der Waals surface area contributed by atoms with E-state index in [4.69, 9.17) is 4.74 Å². The van der Waals surface area contributed by atoms with E-state index < -0.39 is 25.0 Å². The molecule has 5 nitrogen and oxygen atoms in total. The van der Waals surface area contributed by atoms with Crippen LogP contribution >= 0.6 is 0 Å². The number of likely N-dealkylation sites (tertiary alicyclic amines) is 1. The summed E-state index contributed by atoms with van der Waals surface area (Å²) in [5.41, 5.74) is 4.07. The minimum absolute atomic E-state index is 0.148. The Morgan fingerprint density at radius 3 is 2.50 bits per heavy atom. The second-order valence-electron chi connectivity index (χ2n) is 8.91. The Bertz CT molecular complexity index is 902. The van der Waals surface area contributed by atoms with E-state index in [-0.39, 0.29) is 6.42 Å². The highest BCUT2D eigenvalue weighted by Crippen LogP contribution is 2.37. The topological polar surface area (TPSA) is 54.5 Å². The van der Waals surface area contributed by atoms with E-state index >= 15 is 0 Å². The Morgan fingerprint density at radius 2 is 1.91 bits per heavy atom. The molecule has 2 saturated heterocycles. The smallest absolute Gasteiger partial charge is 0.315 e. The van der Waals surface area contributed by atoms with Gasteiger partial charge in [-0.1, -0.05) is 30.3 Å². The summed E-state index contributed by atoms with van der Waals surface area (Å²) in [6.45, 7) is 3.82. The fourth-order valence-corrected chi connectivity index (χ4v) is 4.52. The minimum Gasteiger partial charge on any atom is -0.380 e. The third kappa shape index (κ3) is 5.48. The molecule has 32 heavy (non-hydrogen) atoms. The number of nitrogens with one attached hydrogen (secondary N) is 1. The summed E-state index contributed by atoms with van der Waals surface area (Å²) < 4.78 is 43.3. The third-order valence-corrected chi connectivity index (χ3v) is 6.27. The van der Waals surface area contributed by atoms with Gasteiger partial charge < -0.3 is 10.1 Å². The van der Waals surface area contributed by atoms with E-state index in [9.17, 15) is 18.0 Å². The highest BCUT2D eigenvalue weighted by atomic mass is 19.3. The molecular formula is C24H28F3N3O2. The van der Waals surface area contributed by atoms with Crippen LogP contribution in [0.25, 0.3) is 11.1 Å². The molecule has 1 atom stereocenters. The maximum atomic E-state index is 13.1. The predicted molar refractivity (Wildman–Crippen MR) is 115 cm³/mol. The molecule has 0 aliphatic carbocycles. The first-order valence-electron chi connectivity index (χ1n) is 11.0. The summed E-state index contributed by atoms with van der Waals surface area (Å²) >= 11 is 0. The number of benzene rings is 1. The van der Waals surface area contributed by atoms with Gasteiger partial charge in [0, 0.05) is 30.3 Å². The Hall–Kier alpha value is -2.45. The molecule has 3 heterocycles. The molecule has 1 amide bonds. The molecule has 0 radical (unpaired) electrons. The molecule has 2 aromatic rings. The van der Waals surface area contributed by atoms with Gasteiger partial charge in [-0.2, -0.15) is 8.78 Å². The molecule has 8 heteroatoms. The maximum Gasteiger partial charge on any atom is 0.315 e. The number of rotatable bonds is 8. The van der Waals surface area contributed by atoms with Crippen molar-refractivity contribution in [1.82, 2.24) is 15.2 Å². The van der Waals surface area contributed by atoms with E-state index in [0.29, 0.717) is 5.41 Å². The van der Waals surface area contributed by atoms with Gasteiger partial charge in [0.2, 0.25) is 0 Å². The zero-order chi connectivity index (χ0) is 22.6. The molecule has 172 valence electrons. The van der Waals surface area contributed by atoms with Crippen LogP contribution in [0.3, 0.4) is 0 Å². The standard InChI is InChI=1S/C24H28F3N3O2/c25-11-21(29-23(31)22(26)27)10-17-2-4-18(5-3-17)19-6-7-20(28-12-19)13-30-9-1-8-24(14-30)15-32-16-24/h2-7,12,21-22H,1,8-11,13-16H2,(H,29,31). The van der Waals surface area contributed by atoms with Gasteiger partial charge in [0.25, 0.3) is 5.91 Å². The molecule has 1 spiro atoms. The summed E-state index contributed by atoms with van der Waals surface area (Å²) in [5.74, 6) is -1.45. The number of carbonyl (C=O) groups is 1. The second-order valence-corrected chi connectivity index (χ2v) is 8.91. The van der Waals surface area contributed by atoms with Crippen molar-refractivity contribution in [2.45, 2.75) is 38.3 Å². The van der Waals surface area contributed by atoms with Gasteiger partial charge in [-0.3, -0.25) is 14.7 Å². The minimum atomic E-state index is -3.15.